The van der Waals surface area contributed by atoms with Crippen molar-refractivity contribution in [3.05, 3.63) is 35.9 Å². The van der Waals surface area contributed by atoms with E-state index in [4.69, 9.17) is 5.11 Å². The van der Waals surface area contributed by atoms with Crippen molar-refractivity contribution in [2.75, 3.05) is 13.1 Å². The van der Waals surface area contributed by atoms with Crippen LogP contribution in [0.2, 0.25) is 0 Å². The highest BCUT2D eigenvalue weighted by Gasteiger charge is 2.33. The van der Waals surface area contributed by atoms with Crippen LogP contribution in [0.15, 0.2) is 30.3 Å². The Bertz CT molecular complexity index is 460. The molecule has 0 bridgehead atoms. The molecule has 1 fully saturated rings. The summed E-state index contributed by atoms with van der Waals surface area (Å²) in [7, 11) is 0. The molecule has 0 radical (unpaired) electrons. The van der Waals surface area contributed by atoms with Crippen LogP contribution >= 0.6 is 0 Å². The minimum Gasteiger partial charge on any atom is -0.481 e. The van der Waals surface area contributed by atoms with Gasteiger partial charge in [0.05, 0.1) is 5.92 Å². The first-order valence-electron chi connectivity index (χ1n) is 6.34. The van der Waals surface area contributed by atoms with Crippen LogP contribution in [-0.4, -0.2) is 40.1 Å². The van der Waals surface area contributed by atoms with Crippen LogP contribution in [-0.2, 0) is 9.59 Å². The number of hydrogen-bond acceptors (Lipinski definition) is 3. The van der Waals surface area contributed by atoms with Gasteiger partial charge in [0.15, 0.2) is 0 Å². The van der Waals surface area contributed by atoms with Crippen molar-refractivity contribution in [3.63, 3.8) is 0 Å². The van der Waals surface area contributed by atoms with Gasteiger partial charge in [0.1, 0.15) is 6.04 Å². The summed E-state index contributed by atoms with van der Waals surface area (Å²) in [6, 6.07) is 8.20. The monoisotopic (exact) mass is 263 g/mol. The average Bonchev–Trinajstić information content (AvgIpc) is 2.40. The third kappa shape index (κ3) is 3.12. The Morgan fingerprint density at radius 3 is 2.47 bits per heavy atom. The predicted molar refractivity (Wildman–Crippen MR) is 68.8 cm³/mol. The second kappa shape index (κ2) is 5.84. The molecular weight excluding hydrogens is 246 g/mol. The summed E-state index contributed by atoms with van der Waals surface area (Å²) in [4.78, 5) is 24.3. The maximum Gasteiger partial charge on any atom is 0.325 e. The van der Waals surface area contributed by atoms with E-state index in [2.05, 4.69) is 0 Å². The molecule has 0 unspecified atom stereocenters. The van der Waals surface area contributed by atoms with E-state index in [-0.39, 0.29) is 0 Å². The van der Waals surface area contributed by atoms with Crippen molar-refractivity contribution in [2.24, 2.45) is 5.92 Å². The topological polar surface area (TPSA) is 77.8 Å². The quantitative estimate of drug-likeness (QED) is 0.863. The van der Waals surface area contributed by atoms with Crippen molar-refractivity contribution in [3.8, 4) is 0 Å². The number of likely N-dealkylation sites (tertiary alicyclic amines) is 1. The molecule has 2 rings (SSSR count). The molecule has 0 saturated carbocycles. The molecule has 1 saturated heterocycles. The molecular formula is C14H17NO4. The van der Waals surface area contributed by atoms with Crippen LogP contribution < -0.4 is 0 Å². The van der Waals surface area contributed by atoms with E-state index in [0.29, 0.717) is 31.5 Å². The highest BCUT2D eigenvalue weighted by atomic mass is 16.4. The molecule has 5 heteroatoms. The Morgan fingerprint density at radius 2 is 1.89 bits per heavy atom. The average molecular weight is 263 g/mol. The van der Waals surface area contributed by atoms with Gasteiger partial charge in [-0.1, -0.05) is 30.3 Å². The lowest BCUT2D eigenvalue weighted by molar-refractivity contribution is -0.149. The SMILES string of the molecule is O=C(O)[C@@H]1CCCN([C@H](C(=O)O)c2ccccc2)C1. The van der Waals surface area contributed by atoms with Crippen LogP contribution in [0, 0.1) is 5.92 Å². The number of carbonyl (C=O) groups is 2. The zero-order valence-corrected chi connectivity index (χ0v) is 10.5. The van der Waals surface area contributed by atoms with Crippen LogP contribution in [0.5, 0.6) is 0 Å². The fourth-order valence-corrected chi connectivity index (χ4v) is 2.59. The highest BCUT2D eigenvalue weighted by Crippen LogP contribution is 2.27. The summed E-state index contributed by atoms with van der Waals surface area (Å²) in [5.41, 5.74) is 0.695. The van der Waals surface area contributed by atoms with Gasteiger partial charge < -0.3 is 10.2 Å². The van der Waals surface area contributed by atoms with Gasteiger partial charge in [-0.05, 0) is 24.9 Å². The number of rotatable bonds is 4. The molecule has 1 aromatic carbocycles. The van der Waals surface area contributed by atoms with E-state index < -0.39 is 23.9 Å². The Hall–Kier alpha value is -1.88. The van der Waals surface area contributed by atoms with Gasteiger partial charge in [-0.25, -0.2) is 0 Å². The molecule has 1 aliphatic rings. The molecule has 2 N–H and O–H groups in total. The van der Waals surface area contributed by atoms with Gasteiger partial charge >= 0.3 is 11.9 Å². The number of carboxylic acid groups (broad SMARTS) is 2. The summed E-state index contributed by atoms with van der Waals surface area (Å²) >= 11 is 0. The van der Waals surface area contributed by atoms with Crippen LogP contribution in [0.4, 0.5) is 0 Å². The number of nitrogens with zero attached hydrogens (tertiary/aromatic N) is 1. The van der Waals surface area contributed by atoms with Crippen molar-refractivity contribution >= 4 is 11.9 Å². The largest absolute Gasteiger partial charge is 0.481 e. The number of carboxylic acids is 2. The standard InChI is InChI=1S/C14H17NO4/c16-13(17)11-7-4-8-15(9-11)12(14(18)19)10-5-2-1-3-6-10/h1-3,5-6,11-12H,4,7-9H2,(H,16,17)(H,18,19)/t11-,12+/m1/s1. The van der Waals surface area contributed by atoms with E-state index in [1.165, 1.54) is 0 Å². The minimum atomic E-state index is -0.933. The molecule has 102 valence electrons. The normalized spacial score (nSPS) is 21.8. The Balaban J connectivity index is 2.20. The first-order chi connectivity index (χ1) is 9.09. The molecule has 19 heavy (non-hydrogen) atoms. The van der Waals surface area contributed by atoms with Gasteiger partial charge in [0, 0.05) is 6.54 Å². The van der Waals surface area contributed by atoms with Crippen molar-refractivity contribution < 1.29 is 19.8 Å². The van der Waals surface area contributed by atoms with Gasteiger partial charge in [-0.3, -0.25) is 14.5 Å². The van der Waals surface area contributed by atoms with E-state index in [1.54, 1.807) is 29.2 Å². The van der Waals surface area contributed by atoms with Crippen molar-refractivity contribution in [1.82, 2.24) is 4.90 Å². The summed E-state index contributed by atoms with van der Waals surface area (Å²) in [5.74, 6) is -2.25. The molecule has 1 aromatic rings. The van der Waals surface area contributed by atoms with Gasteiger partial charge in [0.2, 0.25) is 0 Å². The second-order valence-corrected chi connectivity index (χ2v) is 4.82. The minimum absolute atomic E-state index is 0.293. The van der Waals surface area contributed by atoms with E-state index in [9.17, 15) is 14.7 Å². The lowest BCUT2D eigenvalue weighted by Gasteiger charge is -2.35. The fraction of sp³-hybridized carbons (Fsp3) is 0.429. The van der Waals surface area contributed by atoms with Crippen LogP contribution in [0.3, 0.4) is 0 Å². The van der Waals surface area contributed by atoms with Gasteiger partial charge in [-0.2, -0.15) is 0 Å². The maximum absolute atomic E-state index is 11.5. The molecule has 5 nitrogen and oxygen atoms in total. The molecule has 0 aliphatic carbocycles. The zero-order chi connectivity index (χ0) is 13.8. The third-order valence-electron chi connectivity index (χ3n) is 3.52. The number of hydrogen-bond donors (Lipinski definition) is 2. The molecule has 0 aromatic heterocycles. The van der Waals surface area contributed by atoms with E-state index in [0.717, 1.165) is 0 Å². The van der Waals surface area contributed by atoms with Crippen LogP contribution in [0.25, 0.3) is 0 Å². The molecule has 1 aliphatic heterocycles. The molecule has 0 spiro atoms. The number of aliphatic carboxylic acids is 2. The molecule has 2 atom stereocenters. The molecule has 0 amide bonds. The third-order valence-corrected chi connectivity index (χ3v) is 3.52. The fourth-order valence-electron chi connectivity index (χ4n) is 2.59. The lowest BCUT2D eigenvalue weighted by atomic mass is 9.95. The number of piperidine rings is 1. The first-order valence-corrected chi connectivity index (χ1v) is 6.34. The maximum atomic E-state index is 11.5. The van der Waals surface area contributed by atoms with Gasteiger partial charge in [-0.15, -0.1) is 0 Å². The Morgan fingerprint density at radius 1 is 1.21 bits per heavy atom. The summed E-state index contributed by atoms with van der Waals surface area (Å²) in [6.07, 6.45) is 1.33. The number of benzene rings is 1. The van der Waals surface area contributed by atoms with Crippen molar-refractivity contribution in [2.45, 2.75) is 18.9 Å². The van der Waals surface area contributed by atoms with E-state index >= 15 is 0 Å². The second-order valence-electron chi connectivity index (χ2n) is 4.82. The predicted octanol–water partition coefficient (Wildman–Crippen LogP) is 1.61. The summed E-state index contributed by atoms with van der Waals surface area (Å²) < 4.78 is 0. The smallest absolute Gasteiger partial charge is 0.325 e. The summed E-state index contributed by atoms with van der Waals surface area (Å²) in [6.45, 7) is 0.914. The molecule has 1 heterocycles. The Kier molecular flexibility index (Phi) is 4.16. The van der Waals surface area contributed by atoms with E-state index in [1.807, 2.05) is 6.07 Å². The van der Waals surface area contributed by atoms with Gasteiger partial charge in [0.25, 0.3) is 0 Å². The summed E-state index contributed by atoms with van der Waals surface area (Å²) in [5, 5.41) is 18.5. The highest BCUT2D eigenvalue weighted by molar-refractivity contribution is 5.76. The lowest BCUT2D eigenvalue weighted by Crippen LogP contribution is -2.43. The zero-order valence-electron chi connectivity index (χ0n) is 10.5. The van der Waals surface area contributed by atoms with Crippen LogP contribution in [0.1, 0.15) is 24.4 Å². The first kappa shape index (κ1) is 13.5. The Labute approximate surface area is 111 Å². The van der Waals surface area contributed by atoms with Crippen molar-refractivity contribution in [1.29, 1.82) is 0 Å².